The van der Waals surface area contributed by atoms with Crippen molar-refractivity contribution in [2.75, 3.05) is 13.2 Å². The highest BCUT2D eigenvalue weighted by Gasteiger charge is 2.52. The molecule has 0 aliphatic carbocycles. The van der Waals surface area contributed by atoms with Crippen molar-refractivity contribution in [3.05, 3.63) is 35.9 Å². The molecule has 3 atom stereocenters. The monoisotopic (exact) mass is 466 g/mol. The maximum absolute atomic E-state index is 13.3. The number of aliphatic carboxylic acids is 1. The molecule has 1 aromatic rings. The van der Waals surface area contributed by atoms with Crippen LogP contribution >= 0.6 is 0 Å². The molecule has 0 bridgehead atoms. The number of nitrogens with zero attached hydrogens (tertiary/aromatic N) is 1. The van der Waals surface area contributed by atoms with E-state index in [1.165, 1.54) is 0 Å². The van der Waals surface area contributed by atoms with E-state index in [1.54, 1.807) is 20.8 Å². The van der Waals surface area contributed by atoms with Crippen molar-refractivity contribution in [2.45, 2.75) is 77.7 Å². The molecule has 4 N–H and O–H groups in total. The molecule has 186 valence electrons. The predicted octanol–water partition coefficient (Wildman–Crippen LogP) is 2.94. The van der Waals surface area contributed by atoms with Crippen molar-refractivity contribution in [3.8, 4) is 0 Å². The summed E-state index contributed by atoms with van der Waals surface area (Å²) in [7, 11) is 0. The zero-order valence-corrected chi connectivity index (χ0v) is 20.2. The number of imide groups is 1. The van der Waals surface area contributed by atoms with Gasteiger partial charge in [-0.25, -0.2) is 14.5 Å². The van der Waals surface area contributed by atoms with Crippen LogP contribution in [0.4, 0.5) is 4.79 Å². The van der Waals surface area contributed by atoms with Gasteiger partial charge in [0.2, 0.25) is 5.91 Å². The molecule has 2 amide bonds. The molecule has 0 heterocycles. The van der Waals surface area contributed by atoms with E-state index in [4.69, 9.17) is 15.2 Å². The highest BCUT2D eigenvalue weighted by molar-refractivity contribution is 5.98. The summed E-state index contributed by atoms with van der Waals surface area (Å²) in [6, 6.07) is 8.59. The molecular weight excluding hydrogens is 428 g/mol. The lowest BCUT2D eigenvalue weighted by atomic mass is 10.0. The highest BCUT2D eigenvalue weighted by Crippen LogP contribution is 2.28. The van der Waals surface area contributed by atoms with E-state index in [-0.39, 0.29) is 25.4 Å². The summed E-state index contributed by atoms with van der Waals surface area (Å²) < 4.78 is 11.1. The zero-order chi connectivity index (χ0) is 25.2. The van der Waals surface area contributed by atoms with Gasteiger partial charge in [0.15, 0.2) is 0 Å². The lowest BCUT2D eigenvalue weighted by Crippen LogP contribution is -2.63. The Hall–Kier alpha value is -2.49. The molecule has 33 heavy (non-hydrogen) atoms. The number of rotatable bonds is 12. The molecule has 1 aromatic carbocycles. The average molecular weight is 467 g/mol. The van der Waals surface area contributed by atoms with Gasteiger partial charge in [0.1, 0.15) is 5.60 Å². The summed E-state index contributed by atoms with van der Waals surface area (Å²) in [6.07, 6.45) is -0.846. The Kier molecular flexibility index (Phi) is 11.0. The summed E-state index contributed by atoms with van der Waals surface area (Å²) in [4.78, 5) is 39.3. The first-order valence-corrected chi connectivity index (χ1v) is 11.2. The molecular formula is C24H38N2O7. The molecule has 1 rings (SSSR count). The second-order valence-corrected chi connectivity index (χ2v) is 9.12. The summed E-state index contributed by atoms with van der Waals surface area (Å²) in [5.41, 5.74) is 3.51. The Morgan fingerprint density at radius 1 is 1.15 bits per heavy atom. The first-order valence-electron chi connectivity index (χ1n) is 11.2. The van der Waals surface area contributed by atoms with Gasteiger partial charge in [0.25, 0.3) is 5.72 Å². The highest BCUT2D eigenvalue weighted by atomic mass is 16.6. The Morgan fingerprint density at radius 3 is 2.24 bits per heavy atom. The fourth-order valence-corrected chi connectivity index (χ4v) is 3.13. The largest absolute Gasteiger partial charge is 0.478 e. The van der Waals surface area contributed by atoms with Crippen LogP contribution in [-0.2, 0) is 25.5 Å². The van der Waals surface area contributed by atoms with Gasteiger partial charge in [-0.2, -0.15) is 0 Å². The molecule has 0 spiro atoms. The number of hydrogen-bond acceptors (Lipinski definition) is 7. The van der Waals surface area contributed by atoms with Crippen LogP contribution in [0.5, 0.6) is 0 Å². The fourth-order valence-electron chi connectivity index (χ4n) is 3.13. The molecule has 1 unspecified atom stereocenters. The number of hydrogen-bond donors (Lipinski definition) is 3. The zero-order valence-electron chi connectivity index (χ0n) is 20.2. The van der Waals surface area contributed by atoms with Gasteiger partial charge in [-0.3, -0.25) is 4.79 Å². The third-order valence-electron chi connectivity index (χ3n) is 5.33. The second-order valence-electron chi connectivity index (χ2n) is 9.12. The number of amides is 2. The molecule has 0 aliphatic rings. The number of carbonyl (C=O) groups excluding carboxylic acids is 2. The Labute approximate surface area is 195 Å². The van der Waals surface area contributed by atoms with Crippen LogP contribution in [0.1, 0.15) is 59.4 Å². The van der Waals surface area contributed by atoms with Crippen molar-refractivity contribution in [1.82, 2.24) is 4.90 Å². The summed E-state index contributed by atoms with van der Waals surface area (Å²) in [6.45, 7) is 7.76. The first kappa shape index (κ1) is 28.5. The van der Waals surface area contributed by atoms with E-state index >= 15 is 0 Å². The quantitative estimate of drug-likeness (QED) is 0.400. The third-order valence-corrected chi connectivity index (χ3v) is 5.33. The topological polar surface area (TPSA) is 139 Å². The molecule has 0 saturated heterocycles. The SMILES string of the molecule is CC[C@H](C)C(N)CO[C@@](CCO)(C(=O)O)N(C(=O)CCc1ccccc1)C(=O)OC(C)(C)C. The number of carboxylic acids is 1. The minimum atomic E-state index is -2.46. The van der Waals surface area contributed by atoms with Crippen molar-refractivity contribution < 1.29 is 34.1 Å². The second kappa shape index (κ2) is 12.7. The normalized spacial score (nSPS) is 15.2. The van der Waals surface area contributed by atoms with E-state index in [0.717, 1.165) is 12.0 Å². The molecule has 0 fully saturated rings. The number of aliphatic hydroxyl groups excluding tert-OH is 1. The fraction of sp³-hybridized carbons (Fsp3) is 0.625. The number of ether oxygens (including phenoxy) is 2. The maximum atomic E-state index is 13.3. The Balaban J connectivity index is 3.35. The van der Waals surface area contributed by atoms with E-state index < -0.39 is 48.4 Å². The first-order chi connectivity index (χ1) is 15.4. The van der Waals surface area contributed by atoms with Gasteiger partial charge in [-0.15, -0.1) is 0 Å². The van der Waals surface area contributed by atoms with E-state index in [0.29, 0.717) is 4.90 Å². The molecule has 0 saturated carbocycles. The van der Waals surface area contributed by atoms with Crippen LogP contribution in [0.2, 0.25) is 0 Å². The van der Waals surface area contributed by atoms with Crippen LogP contribution in [0, 0.1) is 5.92 Å². The Bertz CT molecular complexity index is 779. The van der Waals surface area contributed by atoms with E-state index in [2.05, 4.69) is 0 Å². The molecule has 0 radical (unpaired) electrons. The van der Waals surface area contributed by atoms with Gasteiger partial charge >= 0.3 is 12.1 Å². The Morgan fingerprint density at radius 2 is 1.76 bits per heavy atom. The number of nitrogens with two attached hydrogens (primary N) is 1. The van der Waals surface area contributed by atoms with Crippen LogP contribution in [0.3, 0.4) is 0 Å². The van der Waals surface area contributed by atoms with Crippen molar-refractivity contribution in [2.24, 2.45) is 11.7 Å². The smallest absolute Gasteiger partial charge is 0.419 e. The molecule has 0 aromatic heterocycles. The molecule has 0 aliphatic heterocycles. The van der Waals surface area contributed by atoms with E-state index in [9.17, 15) is 24.6 Å². The number of carbonyl (C=O) groups is 3. The summed E-state index contributed by atoms with van der Waals surface area (Å²) >= 11 is 0. The maximum Gasteiger partial charge on any atom is 0.419 e. The average Bonchev–Trinajstić information content (AvgIpc) is 2.74. The minimum absolute atomic E-state index is 0.00869. The van der Waals surface area contributed by atoms with Crippen LogP contribution in [0.15, 0.2) is 30.3 Å². The predicted molar refractivity (Wildman–Crippen MR) is 123 cm³/mol. The van der Waals surface area contributed by atoms with Gasteiger partial charge < -0.3 is 25.4 Å². The standard InChI is InChI=1S/C24H38N2O7/c1-6-17(2)19(25)16-32-24(14-15-27,21(29)30)26(22(31)33-23(3,4)5)20(28)13-12-18-10-8-7-9-11-18/h7-11,17,19,27H,6,12-16,25H2,1-5H3,(H,29,30)/t17-,19?,24-/m0/s1. The minimum Gasteiger partial charge on any atom is -0.478 e. The molecule has 9 nitrogen and oxygen atoms in total. The van der Waals surface area contributed by atoms with Gasteiger partial charge in [-0.1, -0.05) is 50.6 Å². The van der Waals surface area contributed by atoms with Gasteiger partial charge in [-0.05, 0) is 38.7 Å². The van der Waals surface area contributed by atoms with Crippen LogP contribution in [-0.4, -0.2) is 63.7 Å². The lowest BCUT2D eigenvalue weighted by Gasteiger charge is -2.39. The summed E-state index contributed by atoms with van der Waals surface area (Å²) in [5, 5.41) is 19.8. The van der Waals surface area contributed by atoms with Crippen LogP contribution < -0.4 is 5.73 Å². The van der Waals surface area contributed by atoms with Crippen molar-refractivity contribution >= 4 is 18.0 Å². The van der Waals surface area contributed by atoms with Gasteiger partial charge in [0.05, 0.1) is 6.61 Å². The van der Waals surface area contributed by atoms with Crippen LogP contribution in [0.25, 0.3) is 0 Å². The van der Waals surface area contributed by atoms with Gasteiger partial charge in [0, 0.05) is 25.5 Å². The van der Waals surface area contributed by atoms with Crippen molar-refractivity contribution in [3.63, 3.8) is 0 Å². The lowest BCUT2D eigenvalue weighted by molar-refractivity contribution is -0.203. The molecule has 9 heteroatoms. The number of benzene rings is 1. The van der Waals surface area contributed by atoms with E-state index in [1.807, 2.05) is 44.2 Å². The number of aliphatic hydroxyl groups is 1. The third kappa shape index (κ3) is 8.42. The summed E-state index contributed by atoms with van der Waals surface area (Å²) in [5.74, 6) is -2.37. The van der Waals surface area contributed by atoms with Crippen molar-refractivity contribution in [1.29, 1.82) is 0 Å². The number of carboxylic acid groups (broad SMARTS) is 1. The number of aryl methyl sites for hydroxylation is 1.